The maximum atomic E-state index is 13.6. The Morgan fingerprint density at radius 2 is 2.00 bits per heavy atom. The lowest BCUT2D eigenvalue weighted by molar-refractivity contribution is -0.139. The number of aliphatic hydroxyl groups is 1. The van der Waals surface area contributed by atoms with E-state index in [9.17, 15) is 14.7 Å². The monoisotopic (exact) mass is 454 g/mol. The molecule has 5 rings (SSSR count). The van der Waals surface area contributed by atoms with E-state index in [0.29, 0.717) is 40.9 Å². The van der Waals surface area contributed by atoms with Gasteiger partial charge in [-0.2, -0.15) is 0 Å². The normalized spacial score (nSPS) is 21.1. The standard InChI is InChI=1S/C23H23ClN4O4/c24-16-4-1-3-15(13-5-6-13)19(16)20(32)21-26-23(22-25-8-2-9-28(21)22)27-10-7-14(11-18(30)31)17(29)12-27/h1-4,8-9,13-14,17,29H,5-7,10-12H2,(H,30,31)/t14-,17+/m0/s1. The molecule has 9 heteroatoms. The highest BCUT2D eigenvalue weighted by molar-refractivity contribution is 6.35. The zero-order valence-electron chi connectivity index (χ0n) is 17.3. The molecule has 1 saturated carbocycles. The molecule has 3 heterocycles. The third kappa shape index (κ3) is 3.73. The van der Waals surface area contributed by atoms with Crippen molar-refractivity contribution in [1.29, 1.82) is 0 Å². The molecule has 0 unspecified atom stereocenters. The molecule has 1 aliphatic carbocycles. The molecule has 8 nitrogen and oxygen atoms in total. The van der Waals surface area contributed by atoms with Gasteiger partial charge in [-0.05, 0) is 48.8 Å². The number of fused-ring (bicyclic) bond motifs is 1. The van der Waals surface area contributed by atoms with Crippen LogP contribution in [0.5, 0.6) is 0 Å². The fourth-order valence-electron chi connectivity index (χ4n) is 4.55. The second-order valence-corrected chi connectivity index (χ2v) is 8.95. The average molecular weight is 455 g/mol. The van der Waals surface area contributed by atoms with Crippen LogP contribution in [-0.4, -0.2) is 55.5 Å². The Morgan fingerprint density at radius 1 is 1.19 bits per heavy atom. The third-order valence-electron chi connectivity index (χ3n) is 6.34. The van der Waals surface area contributed by atoms with E-state index >= 15 is 0 Å². The van der Waals surface area contributed by atoms with Crippen LogP contribution in [-0.2, 0) is 4.79 Å². The van der Waals surface area contributed by atoms with Gasteiger partial charge in [0.05, 0.1) is 17.5 Å². The van der Waals surface area contributed by atoms with Gasteiger partial charge in [0.2, 0.25) is 5.78 Å². The fourth-order valence-corrected chi connectivity index (χ4v) is 4.81. The summed E-state index contributed by atoms with van der Waals surface area (Å²) in [6, 6.07) is 7.28. The Morgan fingerprint density at radius 3 is 2.72 bits per heavy atom. The summed E-state index contributed by atoms with van der Waals surface area (Å²) >= 11 is 6.46. The van der Waals surface area contributed by atoms with Gasteiger partial charge in [0, 0.05) is 31.0 Å². The molecule has 0 radical (unpaired) electrons. The summed E-state index contributed by atoms with van der Waals surface area (Å²) in [5.74, 6) is -0.415. The Balaban J connectivity index is 1.52. The van der Waals surface area contributed by atoms with E-state index in [1.165, 1.54) is 0 Å². The van der Waals surface area contributed by atoms with Crippen LogP contribution in [0.25, 0.3) is 5.65 Å². The summed E-state index contributed by atoms with van der Waals surface area (Å²) < 4.78 is 1.66. The van der Waals surface area contributed by atoms with E-state index in [2.05, 4.69) is 9.97 Å². The van der Waals surface area contributed by atoms with Crippen LogP contribution in [0.1, 0.15) is 53.3 Å². The number of imidazole rings is 1. The molecular formula is C23H23ClN4O4. The topological polar surface area (TPSA) is 108 Å². The van der Waals surface area contributed by atoms with Crippen molar-refractivity contribution in [3.8, 4) is 0 Å². The predicted molar refractivity (Wildman–Crippen MR) is 118 cm³/mol. The van der Waals surface area contributed by atoms with Crippen molar-refractivity contribution in [2.45, 2.75) is 37.7 Å². The first kappa shape index (κ1) is 20.9. The van der Waals surface area contributed by atoms with E-state index in [-0.39, 0.29) is 30.5 Å². The number of carboxylic acid groups (broad SMARTS) is 1. The molecule has 1 aromatic carbocycles. The molecule has 0 spiro atoms. The number of rotatable bonds is 6. The van der Waals surface area contributed by atoms with Crippen molar-refractivity contribution in [3.63, 3.8) is 0 Å². The van der Waals surface area contributed by atoms with Crippen molar-refractivity contribution in [1.82, 2.24) is 14.4 Å². The number of carbonyl (C=O) groups is 2. The van der Waals surface area contributed by atoms with Gasteiger partial charge in [-0.15, -0.1) is 0 Å². The Bertz CT molecular complexity index is 1210. The fraction of sp³-hybridized carbons (Fsp3) is 0.391. The number of hydrogen-bond acceptors (Lipinski definition) is 6. The van der Waals surface area contributed by atoms with Gasteiger partial charge >= 0.3 is 5.97 Å². The maximum absolute atomic E-state index is 13.6. The van der Waals surface area contributed by atoms with Crippen LogP contribution >= 0.6 is 11.6 Å². The number of benzene rings is 1. The summed E-state index contributed by atoms with van der Waals surface area (Å²) in [6.45, 7) is 0.750. The van der Waals surface area contributed by atoms with E-state index < -0.39 is 12.1 Å². The van der Waals surface area contributed by atoms with E-state index in [1.807, 2.05) is 17.0 Å². The molecule has 2 N–H and O–H groups in total. The molecule has 1 aliphatic heterocycles. The summed E-state index contributed by atoms with van der Waals surface area (Å²) in [7, 11) is 0. The molecule has 2 fully saturated rings. The Kier molecular flexibility index (Phi) is 5.35. The van der Waals surface area contributed by atoms with Gasteiger partial charge in [-0.25, -0.2) is 9.97 Å². The van der Waals surface area contributed by atoms with Crippen LogP contribution < -0.4 is 4.90 Å². The molecule has 0 bridgehead atoms. The Labute approximate surface area is 189 Å². The predicted octanol–water partition coefficient (Wildman–Crippen LogP) is 3.15. The highest BCUT2D eigenvalue weighted by Crippen LogP contribution is 2.43. The Hall–Kier alpha value is -2.97. The molecule has 2 atom stereocenters. The third-order valence-corrected chi connectivity index (χ3v) is 6.65. The molecule has 166 valence electrons. The highest BCUT2D eigenvalue weighted by Gasteiger charge is 2.34. The van der Waals surface area contributed by atoms with Crippen LogP contribution in [0, 0.1) is 5.92 Å². The minimum atomic E-state index is -0.921. The summed E-state index contributed by atoms with van der Waals surface area (Å²) in [6.07, 6.45) is 5.10. The maximum Gasteiger partial charge on any atom is 0.303 e. The molecule has 2 aromatic heterocycles. The van der Waals surface area contributed by atoms with Gasteiger partial charge < -0.3 is 15.1 Å². The lowest BCUT2D eigenvalue weighted by atomic mass is 9.91. The van der Waals surface area contributed by atoms with E-state index in [1.54, 1.807) is 28.9 Å². The van der Waals surface area contributed by atoms with Crippen LogP contribution in [0.2, 0.25) is 5.02 Å². The molecule has 3 aromatic rings. The zero-order chi connectivity index (χ0) is 22.4. The van der Waals surface area contributed by atoms with Crippen LogP contribution in [0.4, 0.5) is 5.82 Å². The molecular weight excluding hydrogens is 432 g/mol. The van der Waals surface area contributed by atoms with Gasteiger partial charge in [0.25, 0.3) is 0 Å². The van der Waals surface area contributed by atoms with Gasteiger partial charge in [0.15, 0.2) is 17.3 Å². The molecule has 32 heavy (non-hydrogen) atoms. The van der Waals surface area contributed by atoms with Crippen molar-refractivity contribution in [3.05, 3.63) is 58.6 Å². The first-order chi connectivity index (χ1) is 15.4. The second-order valence-electron chi connectivity index (χ2n) is 8.54. The number of carbonyl (C=O) groups excluding carboxylic acids is 1. The number of anilines is 1. The summed E-state index contributed by atoms with van der Waals surface area (Å²) in [5.41, 5.74) is 1.95. The van der Waals surface area contributed by atoms with E-state index in [0.717, 1.165) is 18.4 Å². The van der Waals surface area contributed by atoms with Gasteiger partial charge in [-0.1, -0.05) is 23.7 Å². The van der Waals surface area contributed by atoms with Crippen molar-refractivity contribution in [2.24, 2.45) is 5.92 Å². The van der Waals surface area contributed by atoms with Crippen LogP contribution in [0.15, 0.2) is 36.7 Å². The summed E-state index contributed by atoms with van der Waals surface area (Å²) in [5, 5.41) is 20.0. The number of hydrogen-bond donors (Lipinski definition) is 2. The average Bonchev–Trinajstić information content (AvgIpc) is 3.54. The highest BCUT2D eigenvalue weighted by atomic mass is 35.5. The number of aliphatic carboxylic acids is 1. The SMILES string of the molecule is O=C(O)C[C@@H]1CCN(c2nc(C(=O)c3c(Cl)cccc3C3CC3)n3cccnc23)C[C@H]1O. The summed E-state index contributed by atoms with van der Waals surface area (Å²) in [4.78, 5) is 35.7. The number of nitrogens with zero attached hydrogens (tertiary/aromatic N) is 4. The second kappa shape index (κ2) is 8.18. The van der Waals surface area contributed by atoms with Gasteiger partial charge in [-0.3, -0.25) is 14.0 Å². The molecule has 1 saturated heterocycles. The largest absolute Gasteiger partial charge is 0.481 e. The minimum Gasteiger partial charge on any atom is -0.481 e. The molecule has 0 amide bonds. The number of halogens is 1. The number of aromatic nitrogens is 3. The number of ketones is 1. The molecule has 2 aliphatic rings. The van der Waals surface area contributed by atoms with Crippen molar-refractivity contribution in [2.75, 3.05) is 18.0 Å². The van der Waals surface area contributed by atoms with Crippen molar-refractivity contribution < 1.29 is 19.8 Å². The van der Waals surface area contributed by atoms with Gasteiger partial charge in [0.1, 0.15) is 0 Å². The van der Waals surface area contributed by atoms with E-state index in [4.69, 9.17) is 16.7 Å². The quantitative estimate of drug-likeness (QED) is 0.551. The lowest BCUT2D eigenvalue weighted by Crippen LogP contribution is -2.44. The first-order valence-electron chi connectivity index (χ1n) is 10.7. The number of β-amino-alcohol motifs (C(OH)–C–C–N with tert-alkyl or cyclic N) is 1. The number of piperidine rings is 1. The number of carboxylic acids is 1. The smallest absolute Gasteiger partial charge is 0.303 e. The van der Waals surface area contributed by atoms with Crippen molar-refractivity contribution >= 4 is 34.8 Å². The number of aliphatic hydroxyl groups excluding tert-OH is 1. The lowest BCUT2D eigenvalue weighted by Gasteiger charge is -2.35. The zero-order valence-corrected chi connectivity index (χ0v) is 18.1. The minimum absolute atomic E-state index is 0.0720. The van der Waals surface area contributed by atoms with Crippen LogP contribution in [0.3, 0.4) is 0 Å². The first-order valence-corrected chi connectivity index (χ1v) is 11.1.